The molecule has 2 aromatic rings. The highest BCUT2D eigenvalue weighted by atomic mass is 32.1. The fraction of sp³-hybridized carbons (Fsp3) is 0.353. The first-order chi connectivity index (χ1) is 9.97. The number of amides is 1. The molecule has 0 aliphatic carbocycles. The van der Waals surface area contributed by atoms with Crippen molar-refractivity contribution in [1.82, 2.24) is 4.90 Å². The summed E-state index contributed by atoms with van der Waals surface area (Å²) in [6, 6.07) is 8.02. The van der Waals surface area contributed by atoms with Crippen LogP contribution in [0.2, 0.25) is 0 Å². The van der Waals surface area contributed by atoms with Crippen LogP contribution < -0.4 is 5.32 Å². The molecule has 3 nitrogen and oxygen atoms in total. The molecule has 0 spiro atoms. The summed E-state index contributed by atoms with van der Waals surface area (Å²) < 4.78 is 0. The highest BCUT2D eigenvalue weighted by Gasteiger charge is 2.19. The number of hydrogen-bond donors (Lipinski definition) is 1. The van der Waals surface area contributed by atoms with E-state index in [1.807, 2.05) is 40.0 Å². The van der Waals surface area contributed by atoms with Crippen molar-refractivity contribution in [2.45, 2.75) is 33.4 Å². The topological polar surface area (TPSA) is 32.3 Å². The lowest BCUT2D eigenvalue weighted by atomic mass is 10.1. The molecule has 1 N–H and O–H groups in total. The molecule has 0 fully saturated rings. The summed E-state index contributed by atoms with van der Waals surface area (Å²) in [5.74, 6) is 0.0291. The molecule has 112 valence electrons. The third-order valence-corrected chi connectivity index (χ3v) is 4.44. The van der Waals surface area contributed by atoms with E-state index in [4.69, 9.17) is 0 Å². The summed E-state index contributed by atoms with van der Waals surface area (Å²) in [5, 5.41) is 7.21. The highest BCUT2D eigenvalue weighted by molar-refractivity contribution is 7.07. The second kappa shape index (κ2) is 6.87. The third kappa shape index (κ3) is 4.16. The Morgan fingerprint density at radius 2 is 2.10 bits per heavy atom. The van der Waals surface area contributed by atoms with E-state index in [1.165, 1.54) is 5.56 Å². The fourth-order valence-electron chi connectivity index (χ4n) is 2.12. The number of carbonyl (C=O) groups excluding carboxylic acids is 1. The molecule has 0 radical (unpaired) electrons. The highest BCUT2D eigenvalue weighted by Crippen LogP contribution is 2.17. The molecule has 1 aromatic heterocycles. The summed E-state index contributed by atoms with van der Waals surface area (Å²) in [7, 11) is 1.98. The van der Waals surface area contributed by atoms with Gasteiger partial charge in [-0.25, -0.2) is 0 Å². The van der Waals surface area contributed by atoms with Crippen LogP contribution in [0.25, 0.3) is 0 Å². The van der Waals surface area contributed by atoms with Gasteiger partial charge in [0, 0.05) is 12.2 Å². The molecule has 0 saturated carbocycles. The predicted molar refractivity (Wildman–Crippen MR) is 89.8 cm³/mol. The molecule has 0 aliphatic rings. The first-order valence-corrected chi connectivity index (χ1v) is 8.01. The number of thiophene rings is 1. The lowest BCUT2D eigenvalue weighted by Gasteiger charge is -2.24. The standard InChI is InChI=1S/C17H22N2OS/c1-12-5-6-13(2)16(9-12)18-17(20)14(3)19(4)10-15-7-8-21-11-15/h5-9,11,14H,10H2,1-4H3,(H,18,20). The second-order valence-electron chi connectivity index (χ2n) is 5.53. The number of carbonyl (C=O) groups is 1. The van der Waals surface area contributed by atoms with Crippen LogP contribution in [0, 0.1) is 13.8 Å². The minimum absolute atomic E-state index is 0.0291. The number of aryl methyl sites for hydroxylation is 2. The zero-order chi connectivity index (χ0) is 15.4. The van der Waals surface area contributed by atoms with E-state index >= 15 is 0 Å². The summed E-state index contributed by atoms with van der Waals surface area (Å²) in [6.07, 6.45) is 0. The fourth-order valence-corrected chi connectivity index (χ4v) is 2.78. The van der Waals surface area contributed by atoms with Gasteiger partial charge in [-0.3, -0.25) is 9.69 Å². The van der Waals surface area contributed by atoms with Crippen molar-refractivity contribution in [3.05, 3.63) is 51.7 Å². The van der Waals surface area contributed by atoms with Gasteiger partial charge in [-0.05, 0) is 67.4 Å². The van der Waals surface area contributed by atoms with E-state index in [2.05, 4.69) is 33.1 Å². The van der Waals surface area contributed by atoms with Crippen molar-refractivity contribution >= 4 is 22.9 Å². The van der Waals surface area contributed by atoms with Gasteiger partial charge in [0.2, 0.25) is 5.91 Å². The molecule has 1 atom stereocenters. The maximum absolute atomic E-state index is 12.4. The molecule has 1 heterocycles. The number of benzene rings is 1. The Hall–Kier alpha value is -1.65. The van der Waals surface area contributed by atoms with Crippen LogP contribution in [0.15, 0.2) is 35.0 Å². The van der Waals surface area contributed by atoms with Crippen molar-refractivity contribution in [1.29, 1.82) is 0 Å². The molecule has 1 unspecified atom stereocenters. The van der Waals surface area contributed by atoms with Gasteiger partial charge in [-0.15, -0.1) is 0 Å². The zero-order valence-corrected chi connectivity index (χ0v) is 13.8. The van der Waals surface area contributed by atoms with Crippen LogP contribution >= 0.6 is 11.3 Å². The van der Waals surface area contributed by atoms with Crippen LogP contribution in [0.3, 0.4) is 0 Å². The van der Waals surface area contributed by atoms with E-state index in [-0.39, 0.29) is 11.9 Å². The van der Waals surface area contributed by atoms with Gasteiger partial charge in [0.05, 0.1) is 6.04 Å². The van der Waals surface area contributed by atoms with Gasteiger partial charge in [-0.2, -0.15) is 11.3 Å². The SMILES string of the molecule is Cc1ccc(C)c(NC(=O)C(C)N(C)Cc2ccsc2)c1. The Bertz CT molecular complexity index is 607. The Balaban J connectivity index is 2.00. The maximum Gasteiger partial charge on any atom is 0.241 e. The summed E-state index contributed by atoms with van der Waals surface area (Å²) in [5.41, 5.74) is 4.38. The molecule has 4 heteroatoms. The van der Waals surface area contributed by atoms with Crippen LogP contribution in [-0.2, 0) is 11.3 Å². The molecule has 0 aliphatic heterocycles. The van der Waals surface area contributed by atoms with Crippen LogP contribution in [0.4, 0.5) is 5.69 Å². The third-order valence-electron chi connectivity index (χ3n) is 3.70. The molecular formula is C17H22N2OS. The summed E-state index contributed by atoms with van der Waals surface area (Å²) in [6.45, 7) is 6.76. The lowest BCUT2D eigenvalue weighted by molar-refractivity contribution is -0.120. The average Bonchev–Trinajstić information content (AvgIpc) is 2.94. The number of nitrogens with zero attached hydrogens (tertiary/aromatic N) is 1. The van der Waals surface area contributed by atoms with Gasteiger partial charge < -0.3 is 5.32 Å². The first-order valence-electron chi connectivity index (χ1n) is 7.07. The zero-order valence-electron chi connectivity index (χ0n) is 13.0. The average molecular weight is 302 g/mol. The van der Waals surface area contributed by atoms with Crippen molar-refractivity contribution < 1.29 is 4.79 Å². The summed E-state index contributed by atoms with van der Waals surface area (Å²) >= 11 is 1.68. The first kappa shape index (κ1) is 15.7. The Morgan fingerprint density at radius 3 is 2.76 bits per heavy atom. The minimum atomic E-state index is -0.176. The van der Waals surface area contributed by atoms with Crippen molar-refractivity contribution in [2.75, 3.05) is 12.4 Å². The number of likely N-dealkylation sites (N-methyl/N-ethyl adjacent to an activating group) is 1. The van der Waals surface area contributed by atoms with Crippen LogP contribution in [0.1, 0.15) is 23.6 Å². The second-order valence-corrected chi connectivity index (χ2v) is 6.31. The number of nitrogens with one attached hydrogen (secondary N) is 1. The van der Waals surface area contributed by atoms with Gasteiger partial charge in [0.1, 0.15) is 0 Å². The molecular weight excluding hydrogens is 280 g/mol. The van der Waals surface area contributed by atoms with Crippen molar-refractivity contribution in [3.8, 4) is 0 Å². The monoisotopic (exact) mass is 302 g/mol. The van der Waals surface area contributed by atoms with Crippen molar-refractivity contribution in [2.24, 2.45) is 0 Å². The lowest BCUT2D eigenvalue weighted by Crippen LogP contribution is -2.39. The Kier molecular flexibility index (Phi) is 5.15. The van der Waals surface area contributed by atoms with E-state index in [0.717, 1.165) is 23.4 Å². The molecule has 1 aromatic carbocycles. The number of hydrogen-bond acceptors (Lipinski definition) is 3. The van der Waals surface area contributed by atoms with Gasteiger partial charge in [0.25, 0.3) is 0 Å². The van der Waals surface area contributed by atoms with Gasteiger partial charge in [0.15, 0.2) is 0 Å². The van der Waals surface area contributed by atoms with Gasteiger partial charge in [-0.1, -0.05) is 12.1 Å². The van der Waals surface area contributed by atoms with E-state index < -0.39 is 0 Å². The van der Waals surface area contributed by atoms with E-state index in [9.17, 15) is 4.79 Å². The van der Waals surface area contributed by atoms with Crippen molar-refractivity contribution in [3.63, 3.8) is 0 Å². The number of anilines is 1. The smallest absolute Gasteiger partial charge is 0.241 e. The van der Waals surface area contributed by atoms with Gasteiger partial charge >= 0.3 is 0 Å². The Labute approximate surface area is 130 Å². The summed E-state index contributed by atoms with van der Waals surface area (Å²) in [4.78, 5) is 14.5. The normalized spacial score (nSPS) is 12.4. The number of rotatable bonds is 5. The Morgan fingerprint density at radius 1 is 1.33 bits per heavy atom. The molecule has 0 bridgehead atoms. The molecule has 2 rings (SSSR count). The van der Waals surface area contributed by atoms with E-state index in [1.54, 1.807) is 11.3 Å². The minimum Gasteiger partial charge on any atom is -0.324 e. The van der Waals surface area contributed by atoms with E-state index in [0.29, 0.717) is 0 Å². The molecule has 1 amide bonds. The maximum atomic E-state index is 12.4. The van der Waals surface area contributed by atoms with Crippen LogP contribution in [0.5, 0.6) is 0 Å². The quantitative estimate of drug-likeness (QED) is 0.910. The molecule has 21 heavy (non-hydrogen) atoms. The largest absolute Gasteiger partial charge is 0.324 e. The molecule has 0 saturated heterocycles. The predicted octanol–water partition coefficient (Wildman–Crippen LogP) is 3.82. The van der Waals surface area contributed by atoms with Crippen LogP contribution in [-0.4, -0.2) is 23.9 Å².